The van der Waals surface area contributed by atoms with E-state index in [1.165, 1.54) is 6.92 Å². The van der Waals surface area contributed by atoms with E-state index in [1.807, 2.05) is 0 Å². The summed E-state index contributed by atoms with van der Waals surface area (Å²) in [7, 11) is -4.09. The van der Waals surface area contributed by atoms with Crippen molar-refractivity contribution in [2.24, 2.45) is 5.92 Å². The average Bonchev–Trinajstić information content (AvgIpc) is 2.43. The molecule has 0 fully saturated rings. The molecule has 8 nitrogen and oxygen atoms in total. The number of hydrogen-bond acceptors (Lipinski definition) is 5. The van der Waals surface area contributed by atoms with Crippen LogP contribution >= 0.6 is 0 Å². The van der Waals surface area contributed by atoms with Crippen molar-refractivity contribution in [1.82, 2.24) is 4.72 Å². The van der Waals surface area contributed by atoms with E-state index in [1.54, 1.807) is 13.8 Å². The van der Waals surface area contributed by atoms with E-state index in [9.17, 15) is 23.3 Å². The molecule has 0 bridgehead atoms. The maximum absolute atomic E-state index is 12.3. The van der Waals surface area contributed by atoms with E-state index < -0.39 is 32.9 Å². The maximum atomic E-state index is 12.3. The fourth-order valence-electron chi connectivity index (χ4n) is 1.92. The standard InChI is InChI=1S/C13H18N2O6S/c1-4-8(2)12(13(16)17)14-22(20,21)11-6-5-10(15(18)19)7-9(11)3/h5-8,12,14H,4H2,1-3H3,(H,16,17)/t8-,12-/m0/s1. The number of rotatable bonds is 7. The van der Waals surface area contributed by atoms with Crippen LogP contribution in [0, 0.1) is 23.0 Å². The van der Waals surface area contributed by atoms with Crippen LogP contribution in [0.5, 0.6) is 0 Å². The summed E-state index contributed by atoms with van der Waals surface area (Å²) in [6, 6.07) is 2.05. The van der Waals surface area contributed by atoms with Gasteiger partial charge in [0.25, 0.3) is 5.69 Å². The second kappa shape index (κ2) is 6.84. The Kier molecular flexibility index (Phi) is 5.61. The number of hydrogen-bond donors (Lipinski definition) is 2. The number of sulfonamides is 1. The Morgan fingerprint density at radius 2 is 2.05 bits per heavy atom. The van der Waals surface area contributed by atoms with Gasteiger partial charge in [-0.2, -0.15) is 4.72 Å². The predicted molar refractivity (Wildman–Crippen MR) is 79.0 cm³/mol. The van der Waals surface area contributed by atoms with Crippen LogP contribution in [0.2, 0.25) is 0 Å². The molecular weight excluding hydrogens is 312 g/mol. The summed E-state index contributed by atoms with van der Waals surface area (Å²) in [5.74, 6) is -1.66. The molecule has 0 amide bonds. The fourth-order valence-corrected chi connectivity index (χ4v) is 3.45. The van der Waals surface area contributed by atoms with Crippen LogP contribution in [-0.2, 0) is 14.8 Å². The molecular formula is C13H18N2O6S. The van der Waals surface area contributed by atoms with Gasteiger partial charge in [-0.15, -0.1) is 0 Å². The van der Waals surface area contributed by atoms with Crippen molar-refractivity contribution in [2.45, 2.75) is 38.1 Å². The number of nitro groups is 1. The number of nitrogens with zero attached hydrogens (tertiary/aromatic N) is 1. The van der Waals surface area contributed by atoms with E-state index in [-0.39, 0.29) is 16.1 Å². The Morgan fingerprint density at radius 1 is 1.45 bits per heavy atom. The minimum Gasteiger partial charge on any atom is -0.480 e. The first kappa shape index (κ1) is 18.1. The molecule has 9 heteroatoms. The Morgan fingerprint density at radius 3 is 2.45 bits per heavy atom. The van der Waals surface area contributed by atoms with Crippen molar-refractivity contribution >= 4 is 21.7 Å². The summed E-state index contributed by atoms with van der Waals surface area (Å²) in [6.07, 6.45) is 0.485. The van der Waals surface area contributed by atoms with Gasteiger partial charge >= 0.3 is 5.97 Å². The lowest BCUT2D eigenvalue weighted by molar-refractivity contribution is -0.385. The van der Waals surface area contributed by atoms with Crippen LogP contribution in [-0.4, -0.2) is 30.5 Å². The summed E-state index contributed by atoms with van der Waals surface area (Å²) in [4.78, 5) is 21.1. The molecule has 122 valence electrons. The van der Waals surface area contributed by atoms with Gasteiger partial charge in [0.1, 0.15) is 6.04 Å². The molecule has 0 spiro atoms. The number of non-ortho nitro benzene ring substituents is 1. The average molecular weight is 330 g/mol. The first-order chi connectivity index (χ1) is 10.1. The highest BCUT2D eigenvalue weighted by molar-refractivity contribution is 7.89. The Bertz CT molecular complexity index is 686. The molecule has 0 aromatic heterocycles. The second-order valence-corrected chi connectivity index (χ2v) is 6.71. The highest BCUT2D eigenvalue weighted by atomic mass is 32.2. The number of carboxylic acid groups (broad SMARTS) is 1. The van der Waals surface area contributed by atoms with E-state index in [2.05, 4.69) is 4.72 Å². The first-order valence-corrected chi connectivity index (χ1v) is 8.08. The third-order valence-corrected chi connectivity index (χ3v) is 5.02. The third-order valence-electron chi connectivity index (χ3n) is 3.42. The lowest BCUT2D eigenvalue weighted by atomic mass is 10.0. The van der Waals surface area contributed by atoms with Crippen molar-refractivity contribution in [3.63, 3.8) is 0 Å². The van der Waals surface area contributed by atoms with Crippen molar-refractivity contribution < 1.29 is 23.2 Å². The molecule has 1 aromatic carbocycles. The van der Waals surface area contributed by atoms with E-state index in [4.69, 9.17) is 5.11 Å². The van der Waals surface area contributed by atoms with Gasteiger partial charge in [-0.1, -0.05) is 20.3 Å². The fraction of sp³-hybridized carbons (Fsp3) is 0.462. The SMILES string of the molecule is CC[C@H](C)[C@H](NS(=O)(=O)c1ccc([N+](=O)[O-])cc1C)C(=O)O. The van der Waals surface area contributed by atoms with Crippen LogP contribution < -0.4 is 4.72 Å². The molecule has 0 heterocycles. The normalized spacial score (nSPS) is 14.3. The molecule has 22 heavy (non-hydrogen) atoms. The van der Waals surface area contributed by atoms with Crippen molar-refractivity contribution in [1.29, 1.82) is 0 Å². The molecule has 0 radical (unpaired) electrons. The van der Waals surface area contributed by atoms with Gasteiger partial charge in [-0.25, -0.2) is 8.42 Å². The maximum Gasteiger partial charge on any atom is 0.322 e. The van der Waals surface area contributed by atoms with Gasteiger partial charge in [0.15, 0.2) is 0 Å². The van der Waals surface area contributed by atoms with Gasteiger partial charge in [0, 0.05) is 12.1 Å². The molecule has 0 aliphatic heterocycles. The number of nitrogens with one attached hydrogen (secondary N) is 1. The molecule has 0 aliphatic rings. The summed E-state index contributed by atoms with van der Waals surface area (Å²) < 4.78 is 26.8. The van der Waals surface area contributed by atoms with Crippen molar-refractivity contribution in [3.05, 3.63) is 33.9 Å². The summed E-state index contributed by atoms with van der Waals surface area (Å²) >= 11 is 0. The van der Waals surface area contributed by atoms with Crippen LogP contribution in [0.3, 0.4) is 0 Å². The quantitative estimate of drug-likeness (QED) is 0.578. The van der Waals surface area contributed by atoms with Gasteiger partial charge in [-0.3, -0.25) is 14.9 Å². The second-order valence-electron chi connectivity index (χ2n) is 5.03. The highest BCUT2D eigenvalue weighted by Crippen LogP contribution is 2.22. The topological polar surface area (TPSA) is 127 Å². The van der Waals surface area contributed by atoms with Gasteiger partial charge in [0.2, 0.25) is 10.0 Å². The Balaban J connectivity index is 3.19. The molecule has 0 unspecified atom stereocenters. The monoisotopic (exact) mass is 330 g/mol. The van der Waals surface area contributed by atoms with Crippen molar-refractivity contribution in [2.75, 3.05) is 0 Å². The lowest BCUT2D eigenvalue weighted by Crippen LogP contribution is -2.45. The number of carbonyl (C=O) groups is 1. The molecule has 0 saturated carbocycles. The largest absolute Gasteiger partial charge is 0.480 e. The lowest BCUT2D eigenvalue weighted by Gasteiger charge is -2.20. The van der Waals surface area contributed by atoms with Crippen LogP contribution in [0.25, 0.3) is 0 Å². The molecule has 2 atom stereocenters. The van der Waals surface area contributed by atoms with Gasteiger partial charge in [0.05, 0.1) is 9.82 Å². The Labute approximate surface area is 128 Å². The zero-order chi connectivity index (χ0) is 17.1. The van der Waals surface area contributed by atoms with Crippen LogP contribution in [0.4, 0.5) is 5.69 Å². The van der Waals surface area contributed by atoms with Gasteiger partial charge < -0.3 is 5.11 Å². The Hall–Kier alpha value is -2.00. The summed E-state index contributed by atoms with van der Waals surface area (Å²) in [6.45, 7) is 4.80. The number of carboxylic acids is 1. The number of aryl methyl sites for hydroxylation is 1. The number of benzene rings is 1. The third kappa shape index (κ3) is 4.01. The van der Waals surface area contributed by atoms with E-state index >= 15 is 0 Å². The van der Waals surface area contributed by atoms with Crippen LogP contribution in [0.15, 0.2) is 23.1 Å². The van der Waals surface area contributed by atoms with Crippen LogP contribution in [0.1, 0.15) is 25.8 Å². The highest BCUT2D eigenvalue weighted by Gasteiger charge is 2.30. The number of aliphatic carboxylic acids is 1. The number of nitro benzene ring substituents is 1. The van der Waals surface area contributed by atoms with Gasteiger partial charge in [-0.05, 0) is 24.5 Å². The molecule has 0 aliphatic carbocycles. The molecule has 0 saturated heterocycles. The summed E-state index contributed by atoms with van der Waals surface area (Å²) in [5.41, 5.74) is -0.0526. The summed E-state index contributed by atoms with van der Waals surface area (Å²) in [5, 5.41) is 19.8. The van der Waals surface area contributed by atoms with E-state index in [0.717, 1.165) is 18.2 Å². The predicted octanol–water partition coefficient (Wildman–Crippen LogP) is 1.68. The molecule has 2 N–H and O–H groups in total. The minimum absolute atomic E-state index is 0.173. The molecule has 1 rings (SSSR count). The minimum atomic E-state index is -4.09. The zero-order valence-corrected chi connectivity index (χ0v) is 13.3. The smallest absolute Gasteiger partial charge is 0.322 e. The van der Waals surface area contributed by atoms with E-state index in [0.29, 0.717) is 6.42 Å². The zero-order valence-electron chi connectivity index (χ0n) is 12.4. The molecule has 1 aromatic rings. The first-order valence-electron chi connectivity index (χ1n) is 6.60. The van der Waals surface area contributed by atoms with Crippen molar-refractivity contribution in [3.8, 4) is 0 Å².